The van der Waals surface area contributed by atoms with Gasteiger partial charge in [-0.2, -0.15) is 0 Å². The van der Waals surface area contributed by atoms with Gasteiger partial charge in [0.2, 0.25) is 0 Å². The van der Waals surface area contributed by atoms with Crippen molar-refractivity contribution in [3.05, 3.63) is 30.3 Å². The molecule has 0 heterocycles. The largest absolute Gasteiger partial charge is 0.349 e. The molecular formula is C9H12NO2P. The highest BCUT2D eigenvalue weighted by atomic mass is 31.2. The van der Waals surface area contributed by atoms with Crippen LogP contribution in [0.25, 0.3) is 0 Å². The van der Waals surface area contributed by atoms with E-state index in [1.807, 2.05) is 18.2 Å². The Labute approximate surface area is 77.5 Å². The summed E-state index contributed by atoms with van der Waals surface area (Å²) in [6.07, 6.45) is 3.26. The molecule has 13 heavy (non-hydrogen) atoms. The normalized spacial score (nSPS) is 13.0. The van der Waals surface area contributed by atoms with Crippen LogP contribution in [0, 0.1) is 0 Å². The summed E-state index contributed by atoms with van der Waals surface area (Å²) in [5.74, 6) is 0. The van der Waals surface area contributed by atoms with Crippen molar-refractivity contribution in [3.8, 4) is 0 Å². The Morgan fingerprint density at radius 1 is 1.31 bits per heavy atom. The standard InChI is InChI=1S/C9H12NO2P/c1-8(13(2,11)12)10-9-6-4-3-5-7-9/h3-7,11-12H,2H2,1H3. The summed E-state index contributed by atoms with van der Waals surface area (Å²) in [5, 5.41) is 0. The van der Waals surface area contributed by atoms with Crippen molar-refractivity contribution in [3.63, 3.8) is 0 Å². The number of hydrogen-bond donors (Lipinski definition) is 2. The van der Waals surface area contributed by atoms with Crippen molar-refractivity contribution in [2.45, 2.75) is 6.92 Å². The fourth-order valence-corrected chi connectivity index (χ4v) is 1.05. The molecule has 70 valence electrons. The first-order chi connectivity index (χ1) is 6.00. The molecule has 1 aromatic rings. The smallest absolute Gasteiger partial charge is 0.156 e. The molecular weight excluding hydrogens is 185 g/mol. The van der Waals surface area contributed by atoms with Gasteiger partial charge in [0.15, 0.2) is 7.34 Å². The van der Waals surface area contributed by atoms with Crippen LogP contribution < -0.4 is 0 Å². The van der Waals surface area contributed by atoms with Gasteiger partial charge in [0.05, 0.1) is 11.1 Å². The molecule has 0 saturated heterocycles. The third kappa shape index (κ3) is 3.15. The summed E-state index contributed by atoms with van der Waals surface area (Å²) in [5.41, 5.74) is 0.981. The lowest BCUT2D eigenvalue weighted by Crippen LogP contribution is -1.91. The summed E-state index contributed by atoms with van der Waals surface area (Å²) < 4.78 is 0. The Morgan fingerprint density at radius 3 is 2.31 bits per heavy atom. The number of aliphatic imine (C=N–C) groups is 1. The van der Waals surface area contributed by atoms with E-state index in [9.17, 15) is 9.79 Å². The molecule has 0 radical (unpaired) electrons. The summed E-state index contributed by atoms with van der Waals surface area (Å²) in [4.78, 5) is 22.4. The summed E-state index contributed by atoms with van der Waals surface area (Å²) in [6, 6.07) is 9.13. The topological polar surface area (TPSA) is 52.8 Å². The molecule has 1 rings (SSSR count). The third-order valence-corrected chi connectivity index (χ3v) is 2.70. The second kappa shape index (κ2) is 3.88. The SMILES string of the molecule is C=P(O)(O)C(C)=Nc1ccccc1. The van der Waals surface area contributed by atoms with Crippen LogP contribution in [0.15, 0.2) is 35.3 Å². The Balaban J connectivity index is 2.97. The van der Waals surface area contributed by atoms with Crippen LogP contribution in [-0.2, 0) is 0 Å². The first kappa shape index (κ1) is 10.2. The van der Waals surface area contributed by atoms with Gasteiger partial charge < -0.3 is 9.79 Å². The summed E-state index contributed by atoms with van der Waals surface area (Å²) in [7, 11) is -3.17. The van der Waals surface area contributed by atoms with E-state index in [4.69, 9.17) is 0 Å². The average Bonchev–Trinajstić information content (AvgIpc) is 2.04. The van der Waals surface area contributed by atoms with E-state index in [0.29, 0.717) is 5.69 Å². The number of hydrogen-bond acceptors (Lipinski definition) is 3. The molecule has 0 spiro atoms. The first-order valence-corrected chi connectivity index (χ1v) is 5.68. The Kier molecular flexibility index (Phi) is 3.04. The van der Waals surface area contributed by atoms with Gasteiger partial charge >= 0.3 is 0 Å². The fourth-order valence-electron chi connectivity index (χ4n) is 0.769. The van der Waals surface area contributed by atoms with Crippen LogP contribution in [0.2, 0.25) is 0 Å². The van der Waals surface area contributed by atoms with Gasteiger partial charge in [0.1, 0.15) is 0 Å². The number of para-hydroxylation sites is 1. The van der Waals surface area contributed by atoms with E-state index >= 15 is 0 Å². The Morgan fingerprint density at radius 2 is 1.85 bits per heavy atom. The van der Waals surface area contributed by atoms with E-state index in [-0.39, 0.29) is 5.45 Å². The van der Waals surface area contributed by atoms with Crippen molar-refractivity contribution < 1.29 is 9.79 Å². The lowest BCUT2D eigenvalue weighted by molar-refractivity contribution is 0.494. The van der Waals surface area contributed by atoms with Crippen LogP contribution in [-0.4, -0.2) is 21.5 Å². The zero-order chi connectivity index (χ0) is 9.90. The Bertz CT molecular complexity index is 353. The van der Waals surface area contributed by atoms with Gasteiger partial charge in [-0.05, 0) is 25.4 Å². The van der Waals surface area contributed by atoms with E-state index in [2.05, 4.69) is 11.3 Å². The first-order valence-electron chi connectivity index (χ1n) is 3.80. The number of nitrogens with zero attached hydrogens (tertiary/aromatic N) is 1. The molecule has 0 aromatic heterocycles. The maximum atomic E-state index is 9.17. The second-order valence-corrected chi connectivity index (χ2v) is 4.83. The molecule has 3 nitrogen and oxygen atoms in total. The van der Waals surface area contributed by atoms with Crippen LogP contribution in [0.3, 0.4) is 0 Å². The number of rotatable bonds is 2. The average molecular weight is 197 g/mol. The van der Waals surface area contributed by atoms with Gasteiger partial charge in [-0.25, -0.2) is 4.99 Å². The van der Waals surface area contributed by atoms with E-state index < -0.39 is 7.34 Å². The maximum absolute atomic E-state index is 9.17. The molecule has 1 aromatic carbocycles. The van der Waals surface area contributed by atoms with Gasteiger partial charge in [0, 0.05) is 0 Å². The predicted molar refractivity (Wildman–Crippen MR) is 57.7 cm³/mol. The quantitative estimate of drug-likeness (QED) is 0.562. The number of benzene rings is 1. The fraction of sp³-hybridized carbons (Fsp3) is 0.111. The molecule has 4 heteroatoms. The monoisotopic (exact) mass is 197 g/mol. The zero-order valence-corrected chi connectivity index (χ0v) is 8.28. The predicted octanol–water partition coefficient (Wildman–Crippen LogP) is 2.00. The van der Waals surface area contributed by atoms with E-state index in [0.717, 1.165) is 0 Å². The van der Waals surface area contributed by atoms with Gasteiger partial charge in [-0.3, -0.25) is 0 Å². The summed E-state index contributed by atoms with van der Waals surface area (Å²) in [6.45, 7) is 1.56. The van der Waals surface area contributed by atoms with Gasteiger partial charge in [-0.1, -0.05) is 18.2 Å². The molecule has 2 N–H and O–H groups in total. The van der Waals surface area contributed by atoms with Crippen molar-refractivity contribution >= 4 is 24.8 Å². The third-order valence-electron chi connectivity index (χ3n) is 1.57. The van der Waals surface area contributed by atoms with Crippen molar-refractivity contribution in [2.75, 3.05) is 0 Å². The highest BCUT2D eigenvalue weighted by Gasteiger charge is 2.08. The van der Waals surface area contributed by atoms with Crippen molar-refractivity contribution in [1.82, 2.24) is 0 Å². The highest BCUT2D eigenvalue weighted by Crippen LogP contribution is 2.36. The lowest BCUT2D eigenvalue weighted by atomic mass is 10.3. The van der Waals surface area contributed by atoms with Crippen molar-refractivity contribution in [1.29, 1.82) is 0 Å². The molecule has 0 bridgehead atoms. The molecule has 0 atom stereocenters. The van der Waals surface area contributed by atoms with E-state index in [1.165, 1.54) is 0 Å². The molecule has 0 aliphatic rings. The minimum atomic E-state index is -3.17. The summed E-state index contributed by atoms with van der Waals surface area (Å²) >= 11 is 0. The molecule has 0 amide bonds. The van der Waals surface area contributed by atoms with Gasteiger partial charge in [-0.15, -0.1) is 0 Å². The van der Waals surface area contributed by atoms with Crippen molar-refractivity contribution in [2.24, 2.45) is 4.99 Å². The minimum Gasteiger partial charge on any atom is -0.349 e. The van der Waals surface area contributed by atoms with Gasteiger partial charge in [0.25, 0.3) is 0 Å². The molecule has 0 unspecified atom stereocenters. The molecule has 0 aliphatic carbocycles. The highest BCUT2D eigenvalue weighted by molar-refractivity contribution is 7.79. The van der Waals surface area contributed by atoms with Crippen LogP contribution in [0.5, 0.6) is 0 Å². The van der Waals surface area contributed by atoms with Crippen LogP contribution in [0.1, 0.15) is 6.92 Å². The minimum absolute atomic E-state index is 0.277. The molecule has 0 fully saturated rings. The lowest BCUT2D eigenvalue weighted by Gasteiger charge is -2.08. The maximum Gasteiger partial charge on any atom is 0.156 e. The van der Waals surface area contributed by atoms with E-state index in [1.54, 1.807) is 19.1 Å². The Hall–Kier alpha value is -0.890. The molecule has 0 saturated carbocycles. The van der Waals surface area contributed by atoms with Crippen LogP contribution >= 0.6 is 7.34 Å². The second-order valence-electron chi connectivity index (χ2n) is 2.72. The zero-order valence-electron chi connectivity index (χ0n) is 7.38. The van der Waals surface area contributed by atoms with Crippen LogP contribution in [0.4, 0.5) is 5.69 Å². The molecule has 0 aliphatic heterocycles.